The summed E-state index contributed by atoms with van der Waals surface area (Å²) in [6, 6.07) is 6.11. The molecule has 1 fully saturated rings. The SMILES string of the molecule is CC(NCCCC(=O)NC1CC1)c1ccc(Cl)cc1Cl. The van der Waals surface area contributed by atoms with Gasteiger partial charge in [0, 0.05) is 28.5 Å². The van der Waals surface area contributed by atoms with Crippen molar-refractivity contribution in [1.82, 2.24) is 10.6 Å². The molecule has 1 atom stereocenters. The first-order chi connectivity index (χ1) is 9.56. The first kappa shape index (κ1) is 15.6. The van der Waals surface area contributed by atoms with Gasteiger partial charge in [0.05, 0.1) is 0 Å². The molecule has 0 spiro atoms. The highest BCUT2D eigenvalue weighted by Crippen LogP contribution is 2.26. The molecular formula is C15H20Cl2N2O. The maximum atomic E-state index is 11.5. The average Bonchev–Trinajstić information content (AvgIpc) is 3.18. The van der Waals surface area contributed by atoms with Crippen LogP contribution in [0.4, 0.5) is 0 Å². The normalized spacial score (nSPS) is 15.9. The number of rotatable bonds is 7. The third-order valence-corrected chi connectivity index (χ3v) is 3.97. The third-order valence-electron chi connectivity index (χ3n) is 3.40. The molecule has 1 aliphatic rings. The van der Waals surface area contributed by atoms with Crippen LogP contribution in [-0.4, -0.2) is 18.5 Å². The van der Waals surface area contributed by atoms with Gasteiger partial charge in [0.15, 0.2) is 0 Å². The van der Waals surface area contributed by atoms with E-state index in [9.17, 15) is 4.79 Å². The van der Waals surface area contributed by atoms with Gasteiger partial charge in [0.2, 0.25) is 5.91 Å². The van der Waals surface area contributed by atoms with Gasteiger partial charge in [-0.25, -0.2) is 0 Å². The van der Waals surface area contributed by atoms with Gasteiger partial charge >= 0.3 is 0 Å². The van der Waals surface area contributed by atoms with Crippen molar-refractivity contribution in [3.05, 3.63) is 33.8 Å². The summed E-state index contributed by atoms with van der Waals surface area (Å²) < 4.78 is 0. The monoisotopic (exact) mass is 314 g/mol. The molecule has 0 radical (unpaired) electrons. The fourth-order valence-corrected chi connectivity index (χ4v) is 2.63. The molecule has 0 aromatic heterocycles. The summed E-state index contributed by atoms with van der Waals surface area (Å²) in [6.07, 6.45) is 3.67. The molecule has 1 amide bonds. The number of halogens is 2. The first-order valence-electron chi connectivity index (χ1n) is 7.04. The van der Waals surface area contributed by atoms with E-state index in [0.29, 0.717) is 22.5 Å². The van der Waals surface area contributed by atoms with Crippen molar-refractivity contribution in [1.29, 1.82) is 0 Å². The van der Waals surface area contributed by atoms with E-state index in [0.717, 1.165) is 31.4 Å². The number of hydrogen-bond acceptors (Lipinski definition) is 2. The molecule has 3 nitrogen and oxygen atoms in total. The van der Waals surface area contributed by atoms with Gasteiger partial charge < -0.3 is 10.6 Å². The Balaban J connectivity index is 1.68. The minimum Gasteiger partial charge on any atom is -0.353 e. The molecule has 1 aromatic rings. The van der Waals surface area contributed by atoms with E-state index in [2.05, 4.69) is 17.6 Å². The number of nitrogens with one attached hydrogen (secondary N) is 2. The zero-order valence-corrected chi connectivity index (χ0v) is 13.1. The van der Waals surface area contributed by atoms with E-state index >= 15 is 0 Å². The Labute approximate surface area is 130 Å². The summed E-state index contributed by atoms with van der Waals surface area (Å²) in [5.74, 6) is 0.159. The van der Waals surface area contributed by atoms with Crippen molar-refractivity contribution >= 4 is 29.1 Å². The minimum atomic E-state index is 0.145. The topological polar surface area (TPSA) is 41.1 Å². The molecule has 2 N–H and O–H groups in total. The molecule has 1 unspecified atom stereocenters. The van der Waals surface area contributed by atoms with Crippen LogP contribution in [0.25, 0.3) is 0 Å². The Bertz CT molecular complexity index is 475. The van der Waals surface area contributed by atoms with Crippen LogP contribution in [0, 0.1) is 0 Å². The highest BCUT2D eigenvalue weighted by atomic mass is 35.5. The van der Waals surface area contributed by atoms with Crippen LogP contribution >= 0.6 is 23.2 Å². The lowest BCUT2D eigenvalue weighted by molar-refractivity contribution is -0.121. The molecule has 1 aromatic carbocycles. The van der Waals surface area contributed by atoms with E-state index in [-0.39, 0.29) is 11.9 Å². The standard InChI is InChI=1S/C15H20Cl2N2O/c1-10(13-7-4-11(16)9-14(13)17)18-8-2-3-15(20)19-12-5-6-12/h4,7,9-10,12,18H,2-3,5-6,8H2,1H3,(H,19,20). The molecule has 1 saturated carbocycles. The van der Waals surface area contributed by atoms with Crippen molar-refractivity contribution in [2.45, 2.75) is 44.7 Å². The molecule has 0 bridgehead atoms. The quantitative estimate of drug-likeness (QED) is 0.753. The number of carbonyl (C=O) groups is 1. The lowest BCUT2D eigenvalue weighted by Gasteiger charge is -2.15. The van der Waals surface area contributed by atoms with E-state index < -0.39 is 0 Å². The molecule has 110 valence electrons. The highest BCUT2D eigenvalue weighted by Gasteiger charge is 2.22. The summed E-state index contributed by atoms with van der Waals surface area (Å²) >= 11 is 12.0. The smallest absolute Gasteiger partial charge is 0.220 e. The molecule has 1 aliphatic carbocycles. The average molecular weight is 315 g/mol. The summed E-state index contributed by atoms with van der Waals surface area (Å²) in [5.41, 5.74) is 1.03. The van der Waals surface area contributed by atoms with E-state index in [1.54, 1.807) is 6.07 Å². The maximum absolute atomic E-state index is 11.5. The van der Waals surface area contributed by atoms with Crippen molar-refractivity contribution in [3.8, 4) is 0 Å². The van der Waals surface area contributed by atoms with Crippen molar-refractivity contribution in [2.75, 3.05) is 6.54 Å². The van der Waals surface area contributed by atoms with Gasteiger partial charge in [0.1, 0.15) is 0 Å². The summed E-state index contributed by atoms with van der Waals surface area (Å²) in [6.45, 7) is 2.84. The Morgan fingerprint density at radius 1 is 1.40 bits per heavy atom. The Morgan fingerprint density at radius 3 is 2.80 bits per heavy atom. The molecule has 0 heterocycles. The van der Waals surface area contributed by atoms with Gasteiger partial charge in [-0.1, -0.05) is 29.3 Å². The zero-order valence-electron chi connectivity index (χ0n) is 11.6. The Morgan fingerprint density at radius 2 is 2.15 bits per heavy atom. The Hall–Kier alpha value is -0.770. The van der Waals surface area contributed by atoms with Crippen molar-refractivity contribution in [3.63, 3.8) is 0 Å². The van der Waals surface area contributed by atoms with Crippen LogP contribution in [0.3, 0.4) is 0 Å². The van der Waals surface area contributed by atoms with E-state index in [4.69, 9.17) is 23.2 Å². The van der Waals surface area contributed by atoms with Gasteiger partial charge in [-0.05, 0) is 50.4 Å². The predicted molar refractivity (Wildman–Crippen MR) is 83.3 cm³/mol. The fraction of sp³-hybridized carbons (Fsp3) is 0.533. The lowest BCUT2D eigenvalue weighted by atomic mass is 10.1. The number of carbonyl (C=O) groups excluding carboxylic acids is 1. The van der Waals surface area contributed by atoms with Crippen LogP contribution in [-0.2, 0) is 4.79 Å². The minimum absolute atomic E-state index is 0.145. The van der Waals surface area contributed by atoms with Crippen LogP contribution < -0.4 is 10.6 Å². The second-order valence-corrected chi connectivity index (χ2v) is 6.13. The number of amides is 1. The number of benzene rings is 1. The second-order valence-electron chi connectivity index (χ2n) is 5.29. The lowest BCUT2D eigenvalue weighted by Crippen LogP contribution is -2.27. The molecule has 20 heavy (non-hydrogen) atoms. The van der Waals surface area contributed by atoms with E-state index in [1.807, 2.05) is 12.1 Å². The summed E-state index contributed by atoms with van der Waals surface area (Å²) in [5, 5.41) is 7.67. The van der Waals surface area contributed by atoms with Crippen LogP contribution in [0.5, 0.6) is 0 Å². The summed E-state index contributed by atoms with van der Waals surface area (Å²) in [7, 11) is 0. The van der Waals surface area contributed by atoms with Crippen molar-refractivity contribution < 1.29 is 4.79 Å². The molecule has 5 heteroatoms. The van der Waals surface area contributed by atoms with Crippen LogP contribution in [0.1, 0.15) is 44.2 Å². The third kappa shape index (κ3) is 4.97. The Kier molecular flexibility index (Phi) is 5.70. The van der Waals surface area contributed by atoms with Crippen LogP contribution in [0.2, 0.25) is 10.0 Å². The molecular weight excluding hydrogens is 295 g/mol. The highest BCUT2D eigenvalue weighted by molar-refractivity contribution is 6.35. The van der Waals surface area contributed by atoms with Crippen LogP contribution in [0.15, 0.2) is 18.2 Å². The molecule has 2 rings (SSSR count). The first-order valence-corrected chi connectivity index (χ1v) is 7.79. The predicted octanol–water partition coefficient (Wildman–Crippen LogP) is 3.70. The second kappa shape index (κ2) is 7.30. The molecule has 0 aliphatic heterocycles. The largest absolute Gasteiger partial charge is 0.353 e. The van der Waals surface area contributed by atoms with Gasteiger partial charge in [-0.15, -0.1) is 0 Å². The maximum Gasteiger partial charge on any atom is 0.220 e. The summed E-state index contributed by atoms with van der Waals surface area (Å²) in [4.78, 5) is 11.5. The fourth-order valence-electron chi connectivity index (χ4n) is 2.06. The number of hydrogen-bond donors (Lipinski definition) is 2. The van der Waals surface area contributed by atoms with E-state index in [1.165, 1.54) is 0 Å². The zero-order chi connectivity index (χ0) is 14.5. The van der Waals surface area contributed by atoms with Gasteiger partial charge in [-0.3, -0.25) is 4.79 Å². The van der Waals surface area contributed by atoms with Gasteiger partial charge in [0.25, 0.3) is 0 Å². The van der Waals surface area contributed by atoms with Crippen molar-refractivity contribution in [2.24, 2.45) is 0 Å². The van der Waals surface area contributed by atoms with Gasteiger partial charge in [-0.2, -0.15) is 0 Å². The molecule has 0 saturated heterocycles.